The molecule has 0 bridgehead atoms. The van der Waals surface area contributed by atoms with E-state index in [1.54, 1.807) is 11.8 Å². The number of aromatic nitrogens is 2. The molecule has 1 amide bonds. The van der Waals surface area contributed by atoms with E-state index in [9.17, 15) is 4.79 Å². The zero-order valence-corrected chi connectivity index (χ0v) is 12.6. The molecule has 1 heterocycles. The van der Waals surface area contributed by atoms with E-state index in [0.717, 1.165) is 4.90 Å². The van der Waals surface area contributed by atoms with Crippen LogP contribution in [0.4, 0.5) is 11.6 Å². The van der Waals surface area contributed by atoms with E-state index >= 15 is 0 Å². The summed E-state index contributed by atoms with van der Waals surface area (Å²) in [5.41, 5.74) is 22.8. The van der Waals surface area contributed by atoms with Crippen molar-refractivity contribution in [2.24, 2.45) is 16.5 Å². The van der Waals surface area contributed by atoms with Crippen molar-refractivity contribution >= 4 is 35.3 Å². The Bertz CT molecular complexity index is 739. The summed E-state index contributed by atoms with van der Waals surface area (Å²) in [7, 11) is 0. The standard InChI is InChI=1S/C13H15N7OS/c1-22-7-4-2-6(3-5-7)8-10(14)19-11(15)9(18-8)12(21)20-13(16)17/h2-5H,1H3,(H4,14,15,19)(H4,16,17,20,21). The summed E-state index contributed by atoms with van der Waals surface area (Å²) in [4.78, 5) is 24.5. The molecule has 0 radical (unpaired) electrons. The fraction of sp³-hybridized carbons (Fsp3) is 0.0769. The molecular weight excluding hydrogens is 302 g/mol. The molecule has 0 unspecified atom stereocenters. The minimum atomic E-state index is -0.771. The topological polar surface area (TPSA) is 159 Å². The van der Waals surface area contributed by atoms with Gasteiger partial charge in [-0.15, -0.1) is 11.8 Å². The Hall–Kier alpha value is -2.81. The molecule has 0 saturated carbocycles. The number of carbonyl (C=O) groups is 1. The summed E-state index contributed by atoms with van der Waals surface area (Å²) in [5, 5.41) is 0. The molecule has 22 heavy (non-hydrogen) atoms. The second-order valence-corrected chi connectivity index (χ2v) is 5.14. The number of thioether (sulfide) groups is 1. The number of nitrogens with two attached hydrogens (primary N) is 4. The summed E-state index contributed by atoms with van der Waals surface area (Å²) in [6, 6.07) is 7.48. The van der Waals surface area contributed by atoms with E-state index in [-0.39, 0.29) is 23.3 Å². The molecule has 0 atom stereocenters. The lowest BCUT2D eigenvalue weighted by molar-refractivity contribution is 0.0999. The van der Waals surface area contributed by atoms with E-state index in [1.807, 2.05) is 30.5 Å². The number of hydrogen-bond acceptors (Lipinski definition) is 6. The summed E-state index contributed by atoms with van der Waals surface area (Å²) in [6.07, 6.45) is 1.97. The van der Waals surface area contributed by atoms with Gasteiger partial charge in [0.15, 0.2) is 23.3 Å². The normalized spacial score (nSPS) is 10.2. The number of nitrogens with zero attached hydrogens (tertiary/aromatic N) is 3. The van der Waals surface area contributed by atoms with Gasteiger partial charge in [-0.1, -0.05) is 12.1 Å². The average molecular weight is 317 g/mol. The van der Waals surface area contributed by atoms with Gasteiger partial charge < -0.3 is 22.9 Å². The lowest BCUT2D eigenvalue weighted by Gasteiger charge is -2.08. The molecule has 0 aliphatic rings. The molecule has 2 rings (SSSR count). The SMILES string of the molecule is CSc1ccc(-c2nc(C(=O)N=C(N)N)c(N)nc2N)cc1. The van der Waals surface area contributed by atoms with Gasteiger partial charge in [-0.25, -0.2) is 9.97 Å². The zero-order chi connectivity index (χ0) is 16.3. The van der Waals surface area contributed by atoms with Crippen LogP contribution in [0.25, 0.3) is 11.3 Å². The molecule has 8 N–H and O–H groups in total. The number of benzene rings is 1. The lowest BCUT2D eigenvalue weighted by Crippen LogP contribution is -2.25. The van der Waals surface area contributed by atoms with E-state index in [2.05, 4.69) is 15.0 Å². The third kappa shape index (κ3) is 3.26. The minimum Gasteiger partial charge on any atom is -0.382 e. The van der Waals surface area contributed by atoms with Crippen molar-refractivity contribution in [1.82, 2.24) is 9.97 Å². The Labute approximate surface area is 131 Å². The van der Waals surface area contributed by atoms with Crippen molar-refractivity contribution in [2.45, 2.75) is 4.90 Å². The number of rotatable bonds is 3. The summed E-state index contributed by atoms with van der Waals surface area (Å²) >= 11 is 1.61. The minimum absolute atomic E-state index is 0.121. The van der Waals surface area contributed by atoms with Crippen molar-refractivity contribution in [3.8, 4) is 11.3 Å². The van der Waals surface area contributed by atoms with Crippen LogP contribution >= 0.6 is 11.8 Å². The van der Waals surface area contributed by atoms with Gasteiger partial charge in [-0.3, -0.25) is 4.79 Å². The fourth-order valence-electron chi connectivity index (χ4n) is 1.75. The highest BCUT2D eigenvalue weighted by molar-refractivity contribution is 7.98. The fourth-order valence-corrected chi connectivity index (χ4v) is 2.16. The van der Waals surface area contributed by atoms with Gasteiger partial charge in [0.05, 0.1) is 0 Å². The van der Waals surface area contributed by atoms with Crippen LogP contribution < -0.4 is 22.9 Å². The summed E-state index contributed by atoms with van der Waals surface area (Å²) < 4.78 is 0. The number of carbonyl (C=O) groups excluding carboxylic acids is 1. The molecule has 0 aliphatic carbocycles. The van der Waals surface area contributed by atoms with Crippen LogP contribution in [0.5, 0.6) is 0 Å². The van der Waals surface area contributed by atoms with Crippen molar-refractivity contribution in [2.75, 3.05) is 17.7 Å². The van der Waals surface area contributed by atoms with Crippen LogP contribution in [0.3, 0.4) is 0 Å². The highest BCUT2D eigenvalue weighted by Gasteiger charge is 2.17. The third-order valence-corrected chi connectivity index (χ3v) is 3.49. The van der Waals surface area contributed by atoms with Crippen LogP contribution in [0.2, 0.25) is 0 Å². The molecule has 0 aliphatic heterocycles. The molecule has 2 aromatic rings. The highest BCUT2D eigenvalue weighted by atomic mass is 32.2. The van der Waals surface area contributed by atoms with E-state index in [0.29, 0.717) is 11.3 Å². The number of anilines is 2. The molecular formula is C13H15N7OS. The van der Waals surface area contributed by atoms with Gasteiger partial charge in [0.25, 0.3) is 0 Å². The smallest absolute Gasteiger partial charge is 0.302 e. The first-order valence-corrected chi connectivity index (χ1v) is 7.36. The molecule has 0 fully saturated rings. The van der Waals surface area contributed by atoms with Gasteiger partial charge in [0, 0.05) is 10.5 Å². The van der Waals surface area contributed by atoms with Crippen molar-refractivity contribution in [3.05, 3.63) is 30.0 Å². The number of hydrogen-bond donors (Lipinski definition) is 4. The first-order chi connectivity index (χ1) is 10.4. The van der Waals surface area contributed by atoms with E-state index < -0.39 is 5.91 Å². The van der Waals surface area contributed by atoms with Crippen LogP contribution in [-0.4, -0.2) is 28.1 Å². The maximum Gasteiger partial charge on any atom is 0.302 e. The molecule has 114 valence electrons. The molecule has 0 spiro atoms. The molecule has 1 aromatic carbocycles. The van der Waals surface area contributed by atoms with Crippen molar-refractivity contribution < 1.29 is 4.79 Å². The number of aliphatic imine (C=N–C) groups is 1. The lowest BCUT2D eigenvalue weighted by atomic mass is 10.1. The Morgan fingerprint density at radius 2 is 1.73 bits per heavy atom. The summed E-state index contributed by atoms with van der Waals surface area (Å²) in [5.74, 6) is -1.16. The quantitative estimate of drug-likeness (QED) is 0.360. The zero-order valence-electron chi connectivity index (χ0n) is 11.8. The highest BCUT2D eigenvalue weighted by Crippen LogP contribution is 2.26. The van der Waals surface area contributed by atoms with Gasteiger partial charge in [0.1, 0.15) is 5.69 Å². The summed E-state index contributed by atoms with van der Waals surface area (Å²) in [6.45, 7) is 0. The Morgan fingerprint density at radius 3 is 2.27 bits per heavy atom. The van der Waals surface area contributed by atoms with Crippen LogP contribution in [0.1, 0.15) is 10.5 Å². The van der Waals surface area contributed by atoms with Crippen LogP contribution in [-0.2, 0) is 0 Å². The van der Waals surface area contributed by atoms with Gasteiger partial charge in [-0.05, 0) is 18.4 Å². The maximum atomic E-state index is 11.9. The monoisotopic (exact) mass is 317 g/mol. The van der Waals surface area contributed by atoms with E-state index in [4.69, 9.17) is 22.9 Å². The Balaban J connectivity index is 2.52. The maximum absolute atomic E-state index is 11.9. The van der Waals surface area contributed by atoms with Crippen LogP contribution in [0, 0.1) is 0 Å². The predicted molar refractivity (Wildman–Crippen MR) is 88.2 cm³/mol. The largest absolute Gasteiger partial charge is 0.382 e. The van der Waals surface area contributed by atoms with Gasteiger partial charge >= 0.3 is 5.91 Å². The molecule has 9 heteroatoms. The second kappa shape index (κ2) is 6.31. The first kappa shape index (κ1) is 15.6. The van der Waals surface area contributed by atoms with Crippen molar-refractivity contribution in [3.63, 3.8) is 0 Å². The van der Waals surface area contributed by atoms with Gasteiger partial charge in [0.2, 0.25) is 0 Å². The second-order valence-electron chi connectivity index (χ2n) is 4.26. The number of amides is 1. The third-order valence-electron chi connectivity index (χ3n) is 2.75. The van der Waals surface area contributed by atoms with Crippen LogP contribution in [0.15, 0.2) is 34.2 Å². The van der Waals surface area contributed by atoms with E-state index in [1.165, 1.54) is 0 Å². The Morgan fingerprint density at radius 1 is 1.09 bits per heavy atom. The number of guanidine groups is 1. The predicted octanol–water partition coefficient (Wildman–Crippen LogP) is 0.444. The molecule has 1 aromatic heterocycles. The Kier molecular flexibility index (Phi) is 4.47. The van der Waals surface area contributed by atoms with Crippen molar-refractivity contribution in [1.29, 1.82) is 0 Å². The average Bonchev–Trinajstić information content (AvgIpc) is 2.46. The van der Waals surface area contributed by atoms with Gasteiger partial charge in [-0.2, -0.15) is 4.99 Å². The molecule has 8 nitrogen and oxygen atoms in total. The number of nitrogen functional groups attached to an aromatic ring is 2. The first-order valence-electron chi connectivity index (χ1n) is 6.13. The molecule has 0 saturated heterocycles.